The van der Waals surface area contributed by atoms with E-state index in [0.717, 1.165) is 6.54 Å². The van der Waals surface area contributed by atoms with Crippen molar-refractivity contribution in [2.75, 3.05) is 6.54 Å². The molecule has 108 valence electrons. The molecular weight excluding hydrogens is 278 g/mol. The molecule has 20 heavy (non-hydrogen) atoms. The average Bonchev–Trinajstić information content (AvgIpc) is 2.79. The highest BCUT2D eigenvalue weighted by Crippen LogP contribution is 2.30. The standard InChI is InChI=1S/C14H18ClN3O2/c1-14(2,3)16-7-6-12-17-18-13(20-12)10-8-9(19)4-5-11(10)15/h4-5,8,16,19H,6-7H2,1-3H3. The van der Waals surface area contributed by atoms with Gasteiger partial charge in [-0.2, -0.15) is 0 Å². The molecular formula is C14H18ClN3O2. The molecule has 1 aromatic heterocycles. The first kappa shape index (κ1) is 14.8. The van der Waals surface area contributed by atoms with Gasteiger partial charge in [0.25, 0.3) is 0 Å². The number of aromatic nitrogens is 2. The molecule has 0 aliphatic rings. The molecule has 0 aliphatic heterocycles. The summed E-state index contributed by atoms with van der Waals surface area (Å²) in [5, 5.41) is 21.2. The van der Waals surface area contributed by atoms with Gasteiger partial charge in [-0.3, -0.25) is 0 Å². The lowest BCUT2D eigenvalue weighted by Crippen LogP contribution is -2.37. The fourth-order valence-electron chi connectivity index (χ4n) is 1.69. The number of hydrogen-bond acceptors (Lipinski definition) is 5. The van der Waals surface area contributed by atoms with E-state index < -0.39 is 0 Å². The second kappa shape index (κ2) is 5.81. The van der Waals surface area contributed by atoms with Crippen LogP contribution in [0.4, 0.5) is 0 Å². The molecule has 0 spiro atoms. The van der Waals surface area contributed by atoms with Crippen LogP contribution < -0.4 is 5.32 Å². The Labute approximate surface area is 123 Å². The van der Waals surface area contributed by atoms with Gasteiger partial charge in [0.15, 0.2) is 0 Å². The molecule has 0 amide bonds. The van der Waals surface area contributed by atoms with Gasteiger partial charge in [0.2, 0.25) is 11.8 Å². The van der Waals surface area contributed by atoms with Crippen molar-refractivity contribution >= 4 is 11.6 Å². The summed E-state index contributed by atoms with van der Waals surface area (Å²) in [5.41, 5.74) is 0.589. The quantitative estimate of drug-likeness (QED) is 0.907. The number of aromatic hydroxyl groups is 1. The molecule has 0 bridgehead atoms. The Morgan fingerprint density at radius 3 is 2.75 bits per heavy atom. The van der Waals surface area contributed by atoms with Crippen molar-refractivity contribution in [3.8, 4) is 17.2 Å². The molecule has 1 aromatic carbocycles. The molecule has 0 unspecified atom stereocenters. The van der Waals surface area contributed by atoms with E-state index in [1.807, 2.05) is 0 Å². The lowest BCUT2D eigenvalue weighted by atomic mass is 10.1. The van der Waals surface area contributed by atoms with Gasteiger partial charge in [-0.15, -0.1) is 10.2 Å². The van der Waals surface area contributed by atoms with Gasteiger partial charge in [0.1, 0.15) is 5.75 Å². The normalized spacial score (nSPS) is 11.8. The summed E-state index contributed by atoms with van der Waals surface area (Å²) in [5.74, 6) is 0.964. The van der Waals surface area contributed by atoms with Crippen LogP contribution in [0.15, 0.2) is 22.6 Å². The number of benzene rings is 1. The number of phenols is 1. The number of nitrogens with zero attached hydrogens (tertiary/aromatic N) is 2. The summed E-state index contributed by atoms with van der Waals surface area (Å²) >= 11 is 6.05. The van der Waals surface area contributed by atoms with Gasteiger partial charge >= 0.3 is 0 Å². The average molecular weight is 296 g/mol. The Hall–Kier alpha value is -1.59. The summed E-state index contributed by atoms with van der Waals surface area (Å²) in [6, 6.07) is 4.61. The van der Waals surface area contributed by atoms with E-state index in [0.29, 0.717) is 28.8 Å². The number of halogens is 1. The van der Waals surface area contributed by atoms with Crippen LogP contribution in [0, 0.1) is 0 Å². The monoisotopic (exact) mass is 295 g/mol. The van der Waals surface area contributed by atoms with E-state index in [9.17, 15) is 5.11 Å². The predicted octanol–water partition coefficient (Wildman–Crippen LogP) is 3.03. The minimum Gasteiger partial charge on any atom is -0.508 e. The molecule has 0 atom stereocenters. The molecule has 2 rings (SSSR count). The molecule has 0 saturated heterocycles. The van der Waals surface area contributed by atoms with Crippen LogP contribution in [-0.2, 0) is 6.42 Å². The van der Waals surface area contributed by atoms with Crippen LogP contribution in [0.2, 0.25) is 5.02 Å². The summed E-state index contributed by atoms with van der Waals surface area (Å²) in [7, 11) is 0. The van der Waals surface area contributed by atoms with Crippen molar-refractivity contribution in [3.63, 3.8) is 0 Å². The third-order valence-corrected chi connectivity index (χ3v) is 2.97. The number of hydrogen-bond donors (Lipinski definition) is 2. The SMILES string of the molecule is CC(C)(C)NCCc1nnc(-c2cc(O)ccc2Cl)o1. The van der Waals surface area contributed by atoms with Crippen molar-refractivity contribution in [2.24, 2.45) is 0 Å². The van der Waals surface area contributed by atoms with E-state index in [1.54, 1.807) is 6.07 Å². The van der Waals surface area contributed by atoms with Crippen molar-refractivity contribution in [3.05, 3.63) is 29.1 Å². The van der Waals surface area contributed by atoms with Gasteiger partial charge in [-0.05, 0) is 39.0 Å². The number of nitrogens with one attached hydrogen (secondary N) is 1. The van der Waals surface area contributed by atoms with Crippen LogP contribution in [0.3, 0.4) is 0 Å². The Morgan fingerprint density at radius 2 is 2.05 bits per heavy atom. The van der Waals surface area contributed by atoms with Gasteiger partial charge in [0.05, 0.1) is 10.6 Å². The molecule has 0 aliphatic carbocycles. The van der Waals surface area contributed by atoms with Crippen LogP contribution in [-0.4, -0.2) is 27.4 Å². The minimum atomic E-state index is 0.0530. The Bertz CT molecular complexity index is 590. The summed E-state index contributed by atoms with van der Waals surface area (Å²) < 4.78 is 5.56. The fraction of sp³-hybridized carbons (Fsp3) is 0.429. The molecule has 5 nitrogen and oxygen atoms in total. The lowest BCUT2D eigenvalue weighted by molar-refractivity contribution is 0.411. The molecule has 6 heteroatoms. The Morgan fingerprint density at radius 1 is 1.30 bits per heavy atom. The van der Waals surface area contributed by atoms with Crippen molar-refractivity contribution in [2.45, 2.75) is 32.7 Å². The highest BCUT2D eigenvalue weighted by atomic mass is 35.5. The zero-order valence-electron chi connectivity index (χ0n) is 11.8. The maximum atomic E-state index is 9.48. The highest BCUT2D eigenvalue weighted by Gasteiger charge is 2.14. The first-order valence-corrected chi connectivity index (χ1v) is 6.79. The predicted molar refractivity (Wildman–Crippen MR) is 77.9 cm³/mol. The summed E-state index contributed by atoms with van der Waals surface area (Å²) in [4.78, 5) is 0. The number of rotatable bonds is 4. The van der Waals surface area contributed by atoms with Gasteiger partial charge in [0, 0.05) is 18.5 Å². The van der Waals surface area contributed by atoms with Gasteiger partial charge in [-0.25, -0.2) is 0 Å². The third kappa shape index (κ3) is 3.95. The lowest BCUT2D eigenvalue weighted by Gasteiger charge is -2.19. The van der Waals surface area contributed by atoms with Crippen molar-refractivity contribution < 1.29 is 9.52 Å². The highest BCUT2D eigenvalue weighted by molar-refractivity contribution is 6.33. The summed E-state index contributed by atoms with van der Waals surface area (Å²) in [6.45, 7) is 7.04. The Balaban J connectivity index is 2.07. The minimum absolute atomic E-state index is 0.0530. The molecule has 0 saturated carbocycles. The smallest absolute Gasteiger partial charge is 0.249 e. The zero-order chi connectivity index (χ0) is 14.8. The van der Waals surface area contributed by atoms with Crippen LogP contribution in [0.25, 0.3) is 11.5 Å². The zero-order valence-corrected chi connectivity index (χ0v) is 12.5. The molecule has 1 heterocycles. The maximum absolute atomic E-state index is 9.48. The van der Waals surface area contributed by atoms with Crippen LogP contribution >= 0.6 is 11.6 Å². The van der Waals surface area contributed by atoms with Crippen LogP contribution in [0.5, 0.6) is 5.75 Å². The van der Waals surface area contributed by atoms with Crippen molar-refractivity contribution in [1.29, 1.82) is 0 Å². The van der Waals surface area contributed by atoms with E-state index in [-0.39, 0.29) is 11.3 Å². The van der Waals surface area contributed by atoms with Crippen molar-refractivity contribution in [1.82, 2.24) is 15.5 Å². The second-order valence-corrected chi connectivity index (χ2v) is 6.00. The molecule has 2 aromatic rings. The molecule has 2 N–H and O–H groups in total. The molecule has 0 fully saturated rings. The largest absolute Gasteiger partial charge is 0.508 e. The first-order chi connectivity index (χ1) is 9.35. The Kier molecular flexibility index (Phi) is 4.30. The fourth-order valence-corrected chi connectivity index (χ4v) is 1.88. The van der Waals surface area contributed by atoms with E-state index in [2.05, 4.69) is 36.3 Å². The topological polar surface area (TPSA) is 71.2 Å². The maximum Gasteiger partial charge on any atom is 0.249 e. The molecule has 0 radical (unpaired) electrons. The van der Waals surface area contributed by atoms with Gasteiger partial charge < -0.3 is 14.8 Å². The third-order valence-electron chi connectivity index (χ3n) is 2.64. The first-order valence-electron chi connectivity index (χ1n) is 6.41. The summed E-state index contributed by atoms with van der Waals surface area (Å²) in [6.07, 6.45) is 0.640. The number of phenolic OH excluding ortho intramolecular Hbond substituents is 1. The van der Waals surface area contributed by atoms with Gasteiger partial charge in [-0.1, -0.05) is 11.6 Å². The van der Waals surface area contributed by atoms with E-state index >= 15 is 0 Å². The van der Waals surface area contributed by atoms with E-state index in [1.165, 1.54) is 12.1 Å². The van der Waals surface area contributed by atoms with Crippen LogP contribution in [0.1, 0.15) is 26.7 Å². The van der Waals surface area contributed by atoms with E-state index in [4.69, 9.17) is 16.0 Å². The second-order valence-electron chi connectivity index (χ2n) is 5.59.